The van der Waals surface area contributed by atoms with Gasteiger partial charge in [-0.05, 0) is 36.0 Å². The van der Waals surface area contributed by atoms with E-state index in [0.29, 0.717) is 51.5 Å². The first-order valence-electron chi connectivity index (χ1n) is 12.2. The van der Waals surface area contributed by atoms with Gasteiger partial charge in [-0.15, -0.1) is 0 Å². The average Bonchev–Trinajstić information content (AvgIpc) is 3.09. The van der Waals surface area contributed by atoms with E-state index in [4.69, 9.17) is 15.2 Å². The molecule has 0 bridgehead atoms. The molecule has 11 nitrogen and oxygen atoms in total. The van der Waals surface area contributed by atoms with Crippen molar-refractivity contribution in [3.05, 3.63) is 29.8 Å². The minimum Gasteiger partial charge on any atom is -0.480 e. The highest BCUT2D eigenvalue weighted by Crippen LogP contribution is 2.46. The molecule has 2 saturated heterocycles. The number of β-lactam (4-membered cyclic amide) rings is 1. The van der Waals surface area contributed by atoms with Crippen LogP contribution in [0.4, 0.5) is 5.69 Å². The summed E-state index contributed by atoms with van der Waals surface area (Å²) in [5.41, 5.74) is 6.34. The van der Waals surface area contributed by atoms with Crippen LogP contribution >= 0.6 is 0 Å². The lowest BCUT2D eigenvalue weighted by molar-refractivity contribution is -0.163. The van der Waals surface area contributed by atoms with Gasteiger partial charge in [0.2, 0.25) is 17.7 Å². The maximum absolute atomic E-state index is 12.5. The Bertz CT molecular complexity index is 950. The topological polar surface area (TPSA) is 160 Å². The summed E-state index contributed by atoms with van der Waals surface area (Å²) in [7, 11) is 0. The summed E-state index contributed by atoms with van der Waals surface area (Å²) in [4.78, 5) is 50.0. The van der Waals surface area contributed by atoms with E-state index in [1.54, 1.807) is 12.1 Å². The van der Waals surface area contributed by atoms with Crippen LogP contribution in [0, 0.1) is 5.41 Å². The first-order valence-corrected chi connectivity index (χ1v) is 12.2. The number of carbonyl (C=O) groups is 4. The molecule has 0 saturated carbocycles. The lowest BCUT2D eigenvalue weighted by atomic mass is 9.83. The van der Waals surface area contributed by atoms with Crippen LogP contribution in [0.2, 0.25) is 0 Å². The summed E-state index contributed by atoms with van der Waals surface area (Å²) in [6, 6.07) is 5.40. The fourth-order valence-electron chi connectivity index (χ4n) is 4.79. The molecule has 0 radical (unpaired) electrons. The van der Waals surface area contributed by atoms with Gasteiger partial charge in [0, 0.05) is 18.7 Å². The lowest BCUT2D eigenvalue weighted by Crippen LogP contribution is -2.70. The number of fused-ring (bicyclic) bond motifs is 1. The van der Waals surface area contributed by atoms with Crippen molar-refractivity contribution in [3.8, 4) is 0 Å². The first-order chi connectivity index (χ1) is 17.1. The number of ether oxygens (including phenoxy) is 2. The molecule has 1 aromatic carbocycles. The number of benzene rings is 1. The number of anilines is 1. The molecule has 0 aromatic heterocycles. The van der Waals surface area contributed by atoms with Crippen LogP contribution in [0.3, 0.4) is 0 Å². The number of carbonyl (C=O) groups excluding carboxylic acids is 3. The molecular formula is C25H36N4O7. The number of aliphatic carboxylic acids is 1. The maximum Gasteiger partial charge on any atom is 0.326 e. The van der Waals surface area contributed by atoms with Crippen molar-refractivity contribution in [3.63, 3.8) is 0 Å². The summed E-state index contributed by atoms with van der Waals surface area (Å²) in [5.74, 6) is -1.77. The zero-order valence-corrected chi connectivity index (χ0v) is 20.8. The number of aryl methyl sites for hydroxylation is 1. The third-order valence-corrected chi connectivity index (χ3v) is 6.55. The van der Waals surface area contributed by atoms with Crippen LogP contribution < -0.4 is 16.4 Å². The molecule has 2 heterocycles. The number of nitrogens with two attached hydrogens (primary N) is 1. The summed E-state index contributed by atoms with van der Waals surface area (Å²) in [5, 5.41) is 15.1. The Morgan fingerprint density at radius 2 is 1.72 bits per heavy atom. The molecule has 3 atom stereocenters. The van der Waals surface area contributed by atoms with Gasteiger partial charge in [-0.1, -0.05) is 26.0 Å². The zero-order chi connectivity index (χ0) is 26.3. The van der Waals surface area contributed by atoms with Crippen LogP contribution in [0.5, 0.6) is 0 Å². The second-order valence-corrected chi connectivity index (χ2v) is 9.80. The molecule has 198 valence electrons. The first kappa shape index (κ1) is 27.6. The lowest BCUT2D eigenvalue weighted by Gasteiger charge is -2.44. The summed E-state index contributed by atoms with van der Waals surface area (Å²) in [6.45, 7) is 5.75. The molecular weight excluding hydrogens is 468 g/mol. The number of rotatable bonds is 14. The Labute approximate surface area is 210 Å². The Morgan fingerprint density at radius 3 is 2.36 bits per heavy atom. The number of nitrogens with one attached hydrogen (secondary N) is 2. The highest BCUT2D eigenvalue weighted by atomic mass is 16.5. The van der Waals surface area contributed by atoms with E-state index in [9.17, 15) is 24.3 Å². The minimum atomic E-state index is -1.02. The van der Waals surface area contributed by atoms with Gasteiger partial charge < -0.3 is 35.8 Å². The van der Waals surface area contributed by atoms with E-state index in [0.717, 1.165) is 5.56 Å². The third-order valence-electron chi connectivity index (χ3n) is 6.55. The van der Waals surface area contributed by atoms with E-state index in [2.05, 4.69) is 10.6 Å². The fourth-order valence-corrected chi connectivity index (χ4v) is 4.79. The quantitative estimate of drug-likeness (QED) is 0.211. The van der Waals surface area contributed by atoms with Gasteiger partial charge in [0.05, 0.1) is 38.9 Å². The van der Waals surface area contributed by atoms with Crippen LogP contribution in [0.1, 0.15) is 38.7 Å². The smallest absolute Gasteiger partial charge is 0.326 e. The third kappa shape index (κ3) is 6.80. The molecule has 0 aliphatic carbocycles. The van der Waals surface area contributed by atoms with Gasteiger partial charge in [0.25, 0.3) is 0 Å². The van der Waals surface area contributed by atoms with Crippen molar-refractivity contribution in [1.82, 2.24) is 10.2 Å². The molecule has 5 N–H and O–H groups in total. The standard InChI is InChI=1S/C25H36N4O7/c1-25(2)15-18-21(23(32)29(18)22(25)24(33)34)28-19(30)8-5-16-3-6-17(7-4-16)27-20(31)9-11-35-13-14-36-12-10-26/h3-4,6-7,18,21-22H,5,8-15,26H2,1-2H3,(H,27,31)(H,28,30)(H,33,34)/t18-,21+,22+/m1/s1. The van der Waals surface area contributed by atoms with Gasteiger partial charge in [-0.25, -0.2) is 4.79 Å². The van der Waals surface area contributed by atoms with Gasteiger partial charge in [-0.3, -0.25) is 14.4 Å². The van der Waals surface area contributed by atoms with E-state index >= 15 is 0 Å². The van der Waals surface area contributed by atoms with Gasteiger partial charge in [-0.2, -0.15) is 0 Å². The van der Waals surface area contributed by atoms with Gasteiger partial charge >= 0.3 is 5.97 Å². The monoisotopic (exact) mass is 504 g/mol. The highest BCUT2D eigenvalue weighted by molar-refractivity contribution is 5.97. The van der Waals surface area contributed by atoms with Crippen molar-refractivity contribution < 1.29 is 33.8 Å². The van der Waals surface area contributed by atoms with Crippen molar-refractivity contribution in [1.29, 1.82) is 0 Å². The number of hydrogen-bond acceptors (Lipinski definition) is 7. The summed E-state index contributed by atoms with van der Waals surface area (Å²) < 4.78 is 10.5. The van der Waals surface area contributed by atoms with E-state index in [1.807, 2.05) is 26.0 Å². The zero-order valence-electron chi connectivity index (χ0n) is 20.8. The van der Waals surface area contributed by atoms with E-state index in [-0.39, 0.29) is 36.6 Å². The Morgan fingerprint density at radius 1 is 1.06 bits per heavy atom. The molecule has 3 amide bonds. The molecule has 2 aliphatic heterocycles. The summed E-state index contributed by atoms with van der Waals surface area (Å²) >= 11 is 0. The number of carboxylic acid groups (broad SMARTS) is 1. The number of amides is 3. The molecule has 2 aliphatic rings. The molecule has 3 rings (SSSR count). The maximum atomic E-state index is 12.5. The number of hydrogen-bond donors (Lipinski definition) is 4. The van der Waals surface area contributed by atoms with Crippen LogP contribution in [-0.4, -0.2) is 84.8 Å². The predicted octanol–water partition coefficient (Wildman–Crippen LogP) is 0.518. The number of carboxylic acids is 1. The van der Waals surface area contributed by atoms with E-state index < -0.39 is 23.5 Å². The molecule has 2 fully saturated rings. The van der Waals surface area contributed by atoms with Crippen molar-refractivity contribution in [2.24, 2.45) is 11.1 Å². The Kier molecular flexibility index (Phi) is 9.41. The normalized spacial score (nSPS) is 22.0. The fraction of sp³-hybridized carbons (Fsp3) is 0.600. The van der Waals surface area contributed by atoms with Gasteiger partial charge in [0.1, 0.15) is 12.1 Å². The van der Waals surface area contributed by atoms with Crippen LogP contribution in [0.25, 0.3) is 0 Å². The van der Waals surface area contributed by atoms with E-state index in [1.165, 1.54) is 4.90 Å². The largest absolute Gasteiger partial charge is 0.480 e. The molecule has 0 unspecified atom stereocenters. The molecule has 1 aromatic rings. The van der Waals surface area contributed by atoms with Gasteiger partial charge in [0.15, 0.2) is 0 Å². The number of nitrogens with zero attached hydrogens (tertiary/aromatic N) is 1. The van der Waals surface area contributed by atoms with Crippen molar-refractivity contribution >= 4 is 29.4 Å². The highest BCUT2D eigenvalue weighted by Gasteiger charge is 2.63. The SMILES string of the molecule is CC1(C)C[C@@H]2[C@H](NC(=O)CCc3ccc(NC(=O)CCOCCOCCN)cc3)C(=O)N2[C@H]1C(=O)O. The molecule has 11 heteroatoms. The molecule has 0 spiro atoms. The second-order valence-electron chi connectivity index (χ2n) is 9.80. The predicted molar refractivity (Wildman–Crippen MR) is 131 cm³/mol. The summed E-state index contributed by atoms with van der Waals surface area (Å²) in [6.07, 6.45) is 1.42. The minimum absolute atomic E-state index is 0.163. The van der Waals surface area contributed by atoms with Crippen molar-refractivity contribution in [2.75, 3.05) is 38.3 Å². The Balaban J connectivity index is 1.36. The second kappa shape index (κ2) is 12.3. The van der Waals surface area contributed by atoms with Crippen LogP contribution in [-0.2, 0) is 35.1 Å². The van der Waals surface area contributed by atoms with Crippen molar-refractivity contribution in [2.45, 2.75) is 57.7 Å². The average molecular weight is 505 g/mol. The van der Waals surface area contributed by atoms with Crippen LogP contribution in [0.15, 0.2) is 24.3 Å². The molecule has 36 heavy (non-hydrogen) atoms. The Hall–Kier alpha value is -3.02.